The van der Waals surface area contributed by atoms with Gasteiger partial charge in [-0.2, -0.15) is 0 Å². The average Bonchev–Trinajstić information content (AvgIpc) is 2.40. The summed E-state index contributed by atoms with van der Waals surface area (Å²) in [6.07, 6.45) is 0.818. The second-order valence-electron chi connectivity index (χ2n) is 5.49. The molecule has 0 aromatic heterocycles. The lowest BCUT2D eigenvalue weighted by atomic mass is 10.1. The van der Waals surface area contributed by atoms with E-state index < -0.39 is 0 Å². The molecule has 0 saturated carbocycles. The first-order valence-corrected chi connectivity index (χ1v) is 7.10. The first kappa shape index (κ1) is 17.2. The molecule has 5 heteroatoms. The van der Waals surface area contributed by atoms with Crippen LogP contribution in [0.3, 0.4) is 0 Å². The monoisotopic (exact) mass is 291 g/mol. The van der Waals surface area contributed by atoms with Gasteiger partial charge in [-0.05, 0) is 31.5 Å². The molecule has 2 amide bonds. The Hall–Kier alpha value is -1.88. The predicted molar refractivity (Wildman–Crippen MR) is 84.1 cm³/mol. The fourth-order valence-corrected chi connectivity index (χ4v) is 1.96. The van der Waals surface area contributed by atoms with E-state index in [4.69, 9.17) is 0 Å². The molecule has 1 aromatic rings. The Labute approximate surface area is 126 Å². The van der Waals surface area contributed by atoms with Crippen molar-refractivity contribution in [3.8, 4) is 0 Å². The molecule has 1 aromatic carbocycles. The second-order valence-corrected chi connectivity index (χ2v) is 5.49. The summed E-state index contributed by atoms with van der Waals surface area (Å²) in [5, 5.41) is 2.89. The van der Waals surface area contributed by atoms with Gasteiger partial charge in [0.1, 0.15) is 0 Å². The van der Waals surface area contributed by atoms with Crippen molar-refractivity contribution in [2.45, 2.75) is 13.3 Å². The van der Waals surface area contributed by atoms with Gasteiger partial charge in [0.05, 0.1) is 13.1 Å². The summed E-state index contributed by atoms with van der Waals surface area (Å²) in [5.74, 6) is -0.0668. The highest BCUT2D eigenvalue weighted by molar-refractivity contribution is 5.80. The molecule has 0 aliphatic heterocycles. The van der Waals surface area contributed by atoms with E-state index in [1.54, 1.807) is 26.0 Å². The number of nitrogens with zero attached hydrogens (tertiary/aromatic N) is 2. The third-order valence-electron chi connectivity index (χ3n) is 3.30. The minimum atomic E-state index is -0.0577. The molecular weight excluding hydrogens is 266 g/mol. The van der Waals surface area contributed by atoms with Crippen LogP contribution in [0.15, 0.2) is 24.3 Å². The van der Waals surface area contributed by atoms with Crippen molar-refractivity contribution < 1.29 is 9.59 Å². The minimum absolute atomic E-state index is 0.00906. The Balaban J connectivity index is 2.28. The van der Waals surface area contributed by atoms with Crippen LogP contribution in [0.1, 0.15) is 11.1 Å². The zero-order valence-corrected chi connectivity index (χ0v) is 13.3. The van der Waals surface area contributed by atoms with E-state index in [-0.39, 0.29) is 24.9 Å². The number of aryl methyl sites for hydroxylation is 1. The maximum atomic E-state index is 11.8. The summed E-state index contributed by atoms with van der Waals surface area (Å²) in [6, 6.07) is 8.15. The molecule has 0 bridgehead atoms. The minimum Gasteiger partial charge on any atom is -0.355 e. The van der Waals surface area contributed by atoms with Crippen LogP contribution in [0.4, 0.5) is 0 Å². The van der Waals surface area contributed by atoms with Crippen molar-refractivity contribution in [1.82, 2.24) is 15.1 Å². The second kappa shape index (κ2) is 8.42. The van der Waals surface area contributed by atoms with Gasteiger partial charge in [0.25, 0.3) is 0 Å². The first-order chi connectivity index (χ1) is 9.90. The molecule has 0 radical (unpaired) electrons. The normalized spacial score (nSPS) is 10.5. The van der Waals surface area contributed by atoms with Crippen molar-refractivity contribution in [2.24, 2.45) is 0 Å². The number of likely N-dealkylation sites (N-methyl/N-ethyl adjacent to an activating group) is 2. The smallest absolute Gasteiger partial charge is 0.236 e. The number of nitrogens with one attached hydrogen (secondary N) is 1. The van der Waals surface area contributed by atoms with Crippen LogP contribution >= 0.6 is 0 Å². The van der Waals surface area contributed by atoms with Gasteiger partial charge in [-0.1, -0.05) is 24.3 Å². The Kier molecular flexibility index (Phi) is 6.88. The zero-order valence-electron chi connectivity index (χ0n) is 13.3. The summed E-state index contributed by atoms with van der Waals surface area (Å²) in [5.41, 5.74) is 2.48. The Morgan fingerprint density at radius 3 is 2.38 bits per heavy atom. The van der Waals surface area contributed by atoms with Crippen LogP contribution in [-0.2, 0) is 16.0 Å². The molecule has 21 heavy (non-hydrogen) atoms. The molecule has 0 spiro atoms. The SMILES string of the molecule is Cc1ccccc1CCNC(=O)CN(C)CC(=O)N(C)C. The summed E-state index contributed by atoms with van der Waals surface area (Å²) >= 11 is 0. The van der Waals surface area contributed by atoms with E-state index in [1.807, 2.05) is 12.1 Å². The third kappa shape index (κ3) is 6.40. The molecule has 0 fully saturated rings. The number of rotatable bonds is 7. The van der Waals surface area contributed by atoms with E-state index in [1.165, 1.54) is 16.0 Å². The number of hydrogen-bond acceptors (Lipinski definition) is 3. The molecule has 116 valence electrons. The predicted octanol–water partition coefficient (Wildman–Crippen LogP) is 0.674. The van der Waals surface area contributed by atoms with Crippen LogP contribution in [-0.4, -0.2) is 62.4 Å². The highest BCUT2D eigenvalue weighted by Crippen LogP contribution is 2.06. The van der Waals surface area contributed by atoms with Crippen molar-refractivity contribution in [1.29, 1.82) is 0 Å². The fourth-order valence-electron chi connectivity index (χ4n) is 1.96. The summed E-state index contributed by atoms with van der Waals surface area (Å²) in [6.45, 7) is 3.16. The van der Waals surface area contributed by atoms with Gasteiger partial charge >= 0.3 is 0 Å². The molecule has 1 rings (SSSR count). The van der Waals surface area contributed by atoms with E-state index in [9.17, 15) is 9.59 Å². The quantitative estimate of drug-likeness (QED) is 0.803. The van der Waals surface area contributed by atoms with Crippen molar-refractivity contribution in [3.05, 3.63) is 35.4 Å². The average molecular weight is 291 g/mol. The molecule has 0 aliphatic rings. The van der Waals surface area contributed by atoms with Crippen LogP contribution in [0.2, 0.25) is 0 Å². The molecule has 0 unspecified atom stereocenters. The molecular formula is C16H25N3O2. The van der Waals surface area contributed by atoms with E-state index in [2.05, 4.69) is 24.4 Å². The van der Waals surface area contributed by atoms with Crippen molar-refractivity contribution in [2.75, 3.05) is 40.8 Å². The number of benzene rings is 1. The molecule has 0 heterocycles. The number of hydrogen-bond donors (Lipinski definition) is 1. The van der Waals surface area contributed by atoms with Crippen LogP contribution in [0.25, 0.3) is 0 Å². The molecule has 5 nitrogen and oxygen atoms in total. The maximum absolute atomic E-state index is 11.8. The van der Waals surface area contributed by atoms with Crippen LogP contribution in [0, 0.1) is 6.92 Å². The lowest BCUT2D eigenvalue weighted by Gasteiger charge is -2.18. The van der Waals surface area contributed by atoms with E-state index >= 15 is 0 Å². The highest BCUT2D eigenvalue weighted by Gasteiger charge is 2.11. The lowest BCUT2D eigenvalue weighted by molar-refractivity contribution is -0.130. The van der Waals surface area contributed by atoms with Crippen molar-refractivity contribution in [3.63, 3.8) is 0 Å². The van der Waals surface area contributed by atoms with E-state index in [0.717, 1.165) is 6.42 Å². The summed E-state index contributed by atoms with van der Waals surface area (Å²) in [4.78, 5) is 26.6. The van der Waals surface area contributed by atoms with Gasteiger partial charge in [-0.3, -0.25) is 14.5 Å². The third-order valence-corrected chi connectivity index (χ3v) is 3.30. The lowest BCUT2D eigenvalue weighted by Crippen LogP contribution is -2.40. The molecule has 0 aliphatic carbocycles. The molecule has 1 N–H and O–H groups in total. The zero-order chi connectivity index (χ0) is 15.8. The molecule has 0 saturated heterocycles. The maximum Gasteiger partial charge on any atom is 0.236 e. The van der Waals surface area contributed by atoms with E-state index in [0.29, 0.717) is 6.54 Å². The van der Waals surface area contributed by atoms with Gasteiger partial charge in [0, 0.05) is 20.6 Å². The largest absolute Gasteiger partial charge is 0.355 e. The summed E-state index contributed by atoms with van der Waals surface area (Å²) in [7, 11) is 5.18. The highest BCUT2D eigenvalue weighted by atomic mass is 16.2. The summed E-state index contributed by atoms with van der Waals surface area (Å²) < 4.78 is 0. The van der Waals surface area contributed by atoms with Crippen LogP contribution in [0.5, 0.6) is 0 Å². The van der Waals surface area contributed by atoms with Gasteiger partial charge in [0.2, 0.25) is 11.8 Å². The van der Waals surface area contributed by atoms with Gasteiger partial charge in [-0.25, -0.2) is 0 Å². The first-order valence-electron chi connectivity index (χ1n) is 7.10. The Morgan fingerprint density at radius 1 is 1.10 bits per heavy atom. The number of carbonyl (C=O) groups excluding carboxylic acids is 2. The van der Waals surface area contributed by atoms with Gasteiger partial charge in [-0.15, -0.1) is 0 Å². The number of carbonyl (C=O) groups is 2. The standard InChI is InChI=1S/C16H25N3O2/c1-13-7-5-6-8-14(13)9-10-17-15(20)11-19(4)12-16(21)18(2)3/h5-8H,9-12H2,1-4H3,(H,17,20). The topological polar surface area (TPSA) is 52.7 Å². The molecule has 0 atom stereocenters. The van der Waals surface area contributed by atoms with Gasteiger partial charge < -0.3 is 10.2 Å². The number of amides is 2. The Bertz CT molecular complexity index is 486. The Morgan fingerprint density at radius 2 is 1.76 bits per heavy atom. The van der Waals surface area contributed by atoms with Gasteiger partial charge in [0.15, 0.2) is 0 Å². The van der Waals surface area contributed by atoms with Crippen LogP contribution < -0.4 is 5.32 Å². The van der Waals surface area contributed by atoms with Crippen molar-refractivity contribution >= 4 is 11.8 Å². The fraction of sp³-hybridized carbons (Fsp3) is 0.500.